The normalized spacial score (nSPS) is 22.1. The quantitative estimate of drug-likeness (QED) is 0.375. The van der Waals surface area contributed by atoms with Crippen LogP contribution in [0, 0.1) is 23.7 Å². The zero-order valence-corrected chi connectivity index (χ0v) is 19.2. The van der Waals surface area contributed by atoms with Crippen molar-refractivity contribution in [3.8, 4) is 0 Å². The predicted octanol–water partition coefficient (Wildman–Crippen LogP) is 5.46. The highest BCUT2D eigenvalue weighted by molar-refractivity contribution is 6.00. The maximum absolute atomic E-state index is 13.5. The van der Waals surface area contributed by atoms with Gasteiger partial charge in [0, 0.05) is 23.1 Å². The zero-order chi connectivity index (χ0) is 24.5. The summed E-state index contributed by atoms with van der Waals surface area (Å²) in [4.78, 5) is 37.8. The Morgan fingerprint density at radius 2 is 1.26 bits per heavy atom. The van der Waals surface area contributed by atoms with Crippen LogP contribution in [0.4, 0.5) is 5.69 Å². The van der Waals surface area contributed by atoms with Gasteiger partial charge in [-0.2, -0.15) is 0 Å². The Morgan fingerprint density at radius 3 is 1.80 bits per heavy atom. The van der Waals surface area contributed by atoms with E-state index in [-0.39, 0.29) is 23.5 Å². The van der Waals surface area contributed by atoms with Crippen molar-refractivity contribution < 1.29 is 19.5 Å². The number of rotatable bonds is 6. The molecule has 174 valence electrons. The number of ketones is 1. The fraction of sp³-hybridized carbons (Fsp3) is 0.167. The molecule has 1 amide bonds. The van der Waals surface area contributed by atoms with Crippen LogP contribution in [0.3, 0.4) is 0 Å². The van der Waals surface area contributed by atoms with Crippen LogP contribution in [0.15, 0.2) is 103 Å². The molecule has 0 saturated heterocycles. The van der Waals surface area contributed by atoms with Crippen molar-refractivity contribution in [3.63, 3.8) is 0 Å². The van der Waals surface area contributed by atoms with E-state index in [0.29, 0.717) is 11.3 Å². The second-order valence-electron chi connectivity index (χ2n) is 9.01. The first-order valence-corrected chi connectivity index (χ1v) is 11.6. The van der Waals surface area contributed by atoms with Gasteiger partial charge in [0.2, 0.25) is 5.91 Å². The summed E-state index contributed by atoms with van der Waals surface area (Å²) in [6.45, 7) is 1.47. The van der Waals surface area contributed by atoms with E-state index in [1.807, 2.05) is 72.8 Å². The molecule has 5 heteroatoms. The molecule has 3 aromatic carbocycles. The van der Waals surface area contributed by atoms with Crippen molar-refractivity contribution in [3.05, 3.63) is 119 Å². The van der Waals surface area contributed by atoms with Crippen LogP contribution in [-0.4, -0.2) is 22.8 Å². The van der Waals surface area contributed by atoms with Gasteiger partial charge in [-0.1, -0.05) is 84.9 Å². The number of amides is 1. The summed E-state index contributed by atoms with van der Waals surface area (Å²) in [6.07, 6.45) is 3.91. The van der Waals surface area contributed by atoms with Crippen LogP contribution in [0.25, 0.3) is 5.57 Å². The van der Waals surface area contributed by atoms with E-state index in [0.717, 1.165) is 22.3 Å². The largest absolute Gasteiger partial charge is 0.481 e. The first-order valence-electron chi connectivity index (χ1n) is 11.6. The smallest absolute Gasteiger partial charge is 0.308 e. The van der Waals surface area contributed by atoms with Crippen LogP contribution in [0.5, 0.6) is 0 Å². The third kappa shape index (κ3) is 4.10. The van der Waals surface area contributed by atoms with Crippen molar-refractivity contribution in [2.45, 2.75) is 6.92 Å². The van der Waals surface area contributed by atoms with Crippen molar-refractivity contribution in [2.24, 2.45) is 23.7 Å². The van der Waals surface area contributed by atoms with Gasteiger partial charge >= 0.3 is 5.97 Å². The van der Waals surface area contributed by atoms with Gasteiger partial charge in [0.05, 0.1) is 11.8 Å². The van der Waals surface area contributed by atoms with Crippen LogP contribution in [0.2, 0.25) is 0 Å². The molecule has 1 fully saturated rings. The van der Waals surface area contributed by atoms with E-state index >= 15 is 0 Å². The molecule has 2 bridgehead atoms. The molecular formula is C30H25NO4. The molecule has 0 heterocycles. The van der Waals surface area contributed by atoms with Crippen molar-refractivity contribution in [1.82, 2.24) is 0 Å². The van der Waals surface area contributed by atoms with Gasteiger partial charge < -0.3 is 10.4 Å². The van der Waals surface area contributed by atoms with Gasteiger partial charge in [-0.3, -0.25) is 14.4 Å². The number of nitrogens with one attached hydrogen (secondary N) is 1. The molecule has 3 aromatic rings. The summed E-state index contributed by atoms with van der Waals surface area (Å²) in [7, 11) is 0. The highest BCUT2D eigenvalue weighted by Gasteiger charge is 2.55. The van der Waals surface area contributed by atoms with Crippen LogP contribution in [0.1, 0.15) is 28.4 Å². The number of allylic oxidation sites excluding steroid dienone is 3. The molecule has 0 aliphatic heterocycles. The van der Waals surface area contributed by atoms with Crippen molar-refractivity contribution >= 4 is 28.9 Å². The molecule has 2 aliphatic carbocycles. The average Bonchev–Trinajstić information content (AvgIpc) is 3.42. The molecule has 5 nitrogen and oxygen atoms in total. The fourth-order valence-corrected chi connectivity index (χ4v) is 5.46. The van der Waals surface area contributed by atoms with Crippen molar-refractivity contribution in [1.29, 1.82) is 0 Å². The minimum Gasteiger partial charge on any atom is -0.481 e. The van der Waals surface area contributed by atoms with Gasteiger partial charge in [0.15, 0.2) is 5.78 Å². The second kappa shape index (κ2) is 9.18. The van der Waals surface area contributed by atoms with E-state index in [1.54, 1.807) is 24.3 Å². The van der Waals surface area contributed by atoms with E-state index in [4.69, 9.17) is 0 Å². The highest BCUT2D eigenvalue weighted by Crippen LogP contribution is 2.55. The van der Waals surface area contributed by atoms with Crippen LogP contribution >= 0.6 is 0 Å². The van der Waals surface area contributed by atoms with Gasteiger partial charge in [-0.05, 0) is 41.3 Å². The Balaban J connectivity index is 1.60. The minimum absolute atomic E-state index is 0.104. The summed E-state index contributed by atoms with van der Waals surface area (Å²) < 4.78 is 0. The molecular weight excluding hydrogens is 438 g/mol. The first kappa shape index (κ1) is 22.5. The van der Waals surface area contributed by atoms with Gasteiger partial charge in [-0.25, -0.2) is 0 Å². The minimum atomic E-state index is -0.988. The molecule has 2 N–H and O–H groups in total. The third-order valence-electron chi connectivity index (χ3n) is 6.94. The maximum Gasteiger partial charge on any atom is 0.308 e. The summed E-state index contributed by atoms with van der Waals surface area (Å²) >= 11 is 0. The lowest BCUT2D eigenvalue weighted by Crippen LogP contribution is -2.36. The Labute approximate surface area is 203 Å². The number of carboxylic acids is 1. The maximum atomic E-state index is 13.5. The lowest BCUT2D eigenvalue weighted by molar-refractivity contribution is -0.146. The molecule has 0 spiro atoms. The number of hydrogen-bond donors (Lipinski definition) is 2. The standard InChI is InChI=1S/C30H25NO4/c1-18(32)21-13-8-14-22(17-21)31-29(33)27-23-15-16-24(28(27)30(34)35)26(23)25(19-9-4-2-5-10-19)20-11-6-3-7-12-20/h2-17,23-24,27-28H,1H3,(H,31,33)(H,34,35)/t23-,24-,27-,28-/m0/s1. The molecule has 4 atom stereocenters. The number of carbonyl (C=O) groups excluding carboxylic acids is 2. The van der Waals surface area contributed by atoms with Gasteiger partial charge in [0.25, 0.3) is 0 Å². The number of anilines is 1. The Hall–Kier alpha value is -4.25. The molecule has 2 aliphatic rings. The molecule has 0 unspecified atom stereocenters. The summed E-state index contributed by atoms with van der Waals surface area (Å²) in [6, 6.07) is 26.5. The number of Topliss-reactive ketones (excluding diaryl/α,β-unsaturated/α-hetero) is 1. The summed E-state index contributed by atoms with van der Waals surface area (Å²) in [5, 5.41) is 13.1. The Morgan fingerprint density at radius 1 is 0.714 bits per heavy atom. The number of aliphatic carboxylic acids is 1. The molecule has 5 rings (SSSR count). The summed E-state index contributed by atoms with van der Waals surface area (Å²) in [5.41, 5.74) is 4.90. The molecule has 35 heavy (non-hydrogen) atoms. The predicted molar refractivity (Wildman–Crippen MR) is 135 cm³/mol. The van der Waals surface area contributed by atoms with Crippen LogP contribution < -0.4 is 5.32 Å². The lowest BCUT2D eigenvalue weighted by atomic mass is 9.82. The molecule has 1 saturated carbocycles. The van der Waals surface area contributed by atoms with Crippen molar-refractivity contribution in [2.75, 3.05) is 5.32 Å². The third-order valence-corrected chi connectivity index (χ3v) is 6.94. The Bertz CT molecular complexity index is 1320. The first-order chi connectivity index (χ1) is 17.0. The number of carboxylic acid groups (broad SMARTS) is 1. The molecule has 0 radical (unpaired) electrons. The van der Waals surface area contributed by atoms with Crippen LogP contribution in [-0.2, 0) is 9.59 Å². The second-order valence-corrected chi connectivity index (χ2v) is 9.01. The average molecular weight is 464 g/mol. The highest BCUT2D eigenvalue weighted by atomic mass is 16.4. The number of fused-ring (bicyclic) bond motifs is 2. The topological polar surface area (TPSA) is 83.5 Å². The van der Waals surface area contributed by atoms with E-state index in [1.165, 1.54) is 6.92 Å². The monoisotopic (exact) mass is 463 g/mol. The SMILES string of the molecule is CC(=O)c1cccc(NC(=O)[C@@H]2[C@@H](C(=O)O)[C@H]3C=C[C@H]2C3=C(c2ccccc2)c2ccccc2)c1. The van der Waals surface area contributed by atoms with E-state index in [9.17, 15) is 19.5 Å². The van der Waals surface area contributed by atoms with E-state index in [2.05, 4.69) is 5.32 Å². The van der Waals surface area contributed by atoms with Gasteiger partial charge in [-0.15, -0.1) is 0 Å². The number of carbonyl (C=O) groups is 3. The number of hydrogen-bond acceptors (Lipinski definition) is 3. The fourth-order valence-electron chi connectivity index (χ4n) is 5.46. The number of benzene rings is 3. The molecule has 0 aromatic heterocycles. The Kier molecular flexibility index (Phi) is 5.91. The lowest BCUT2D eigenvalue weighted by Gasteiger charge is -2.23. The van der Waals surface area contributed by atoms with E-state index < -0.39 is 17.8 Å². The van der Waals surface area contributed by atoms with Gasteiger partial charge in [0.1, 0.15) is 0 Å². The zero-order valence-electron chi connectivity index (χ0n) is 19.2. The summed E-state index contributed by atoms with van der Waals surface area (Å²) in [5.74, 6) is -3.81.